The van der Waals surface area contributed by atoms with Crippen molar-refractivity contribution in [3.05, 3.63) is 68.6 Å². The Morgan fingerprint density at radius 3 is 2.67 bits per heavy atom. The molecule has 0 radical (unpaired) electrons. The number of hydrogen-bond acceptors (Lipinski definition) is 6. The minimum atomic E-state index is -0.451. The fourth-order valence-electron chi connectivity index (χ4n) is 3.68. The van der Waals surface area contributed by atoms with E-state index in [2.05, 4.69) is 0 Å². The summed E-state index contributed by atoms with van der Waals surface area (Å²) < 4.78 is 4.87. The zero-order chi connectivity index (χ0) is 21.3. The SMILES string of the molecule is COC(=O)c1ccccc1SC1=C(C(=O)c2ccc3c(c2Cl)CCS3)C(=O)CCC1. The average molecular weight is 459 g/mol. The number of rotatable bonds is 5. The monoisotopic (exact) mass is 458 g/mol. The summed E-state index contributed by atoms with van der Waals surface area (Å²) in [5, 5.41) is 0.452. The lowest BCUT2D eigenvalue weighted by molar-refractivity contribution is -0.115. The molecule has 2 aliphatic rings. The van der Waals surface area contributed by atoms with Crippen molar-refractivity contribution in [1.29, 1.82) is 0 Å². The smallest absolute Gasteiger partial charge is 0.339 e. The van der Waals surface area contributed by atoms with Gasteiger partial charge in [0.15, 0.2) is 11.6 Å². The summed E-state index contributed by atoms with van der Waals surface area (Å²) in [5.74, 6) is -0.00899. The summed E-state index contributed by atoms with van der Waals surface area (Å²) in [7, 11) is 1.33. The van der Waals surface area contributed by atoms with Crippen LogP contribution in [0.3, 0.4) is 0 Å². The van der Waals surface area contributed by atoms with Crippen molar-refractivity contribution >= 4 is 52.7 Å². The van der Waals surface area contributed by atoms with Gasteiger partial charge in [0.25, 0.3) is 0 Å². The van der Waals surface area contributed by atoms with E-state index < -0.39 is 5.97 Å². The van der Waals surface area contributed by atoms with E-state index in [1.54, 1.807) is 36.0 Å². The maximum absolute atomic E-state index is 13.4. The van der Waals surface area contributed by atoms with Gasteiger partial charge >= 0.3 is 5.97 Å². The van der Waals surface area contributed by atoms with Crippen molar-refractivity contribution in [2.24, 2.45) is 0 Å². The third-order valence-corrected chi connectivity index (χ3v) is 7.94. The summed E-state index contributed by atoms with van der Waals surface area (Å²) in [6.07, 6.45) is 2.43. The molecular weight excluding hydrogens is 440 g/mol. The zero-order valence-electron chi connectivity index (χ0n) is 16.3. The molecule has 0 saturated heterocycles. The number of carbonyl (C=O) groups excluding carboxylic acids is 3. The summed E-state index contributed by atoms with van der Waals surface area (Å²) in [4.78, 5) is 40.8. The number of Topliss-reactive ketones (excluding diaryl/α,β-unsaturated/α-hetero) is 2. The van der Waals surface area contributed by atoms with Crippen LogP contribution >= 0.6 is 35.1 Å². The molecule has 0 amide bonds. The molecule has 0 N–H and O–H groups in total. The first-order chi connectivity index (χ1) is 14.5. The number of carbonyl (C=O) groups is 3. The van der Waals surface area contributed by atoms with Gasteiger partial charge in [-0.3, -0.25) is 9.59 Å². The highest BCUT2D eigenvalue weighted by atomic mass is 35.5. The van der Waals surface area contributed by atoms with Gasteiger partial charge in [-0.05, 0) is 49.1 Å². The maximum atomic E-state index is 13.4. The molecule has 1 aliphatic heterocycles. The van der Waals surface area contributed by atoms with Crippen LogP contribution in [0.5, 0.6) is 0 Å². The number of esters is 1. The minimum absolute atomic E-state index is 0.171. The van der Waals surface area contributed by atoms with Gasteiger partial charge < -0.3 is 4.74 Å². The Bertz CT molecular complexity index is 1090. The minimum Gasteiger partial charge on any atom is -0.465 e. The van der Waals surface area contributed by atoms with Gasteiger partial charge in [0, 0.05) is 32.4 Å². The second kappa shape index (κ2) is 9.00. The lowest BCUT2D eigenvalue weighted by atomic mass is 9.91. The van der Waals surface area contributed by atoms with E-state index in [9.17, 15) is 14.4 Å². The third kappa shape index (κ3) is 3.96. The summed E-state index contributed by atoms with van der Waals surface area (Å²) in [6, 6.07) is 10.7. The van der Waals surface area contributed by atoms with Crippen molar-refractivity contribution in [2.75, 3.05) is 12.9 Å². The Balaban J connectivity index is 1.76. The number of hydrogen-bond donors (Lipinski definition) is 0. The number of ketones is 2. The van der Waals surface area contributed by atoms with Crippen molar-refractivity contribution < 1.29 is 19.1 Å². The third-order valence-electron chi connectivity index (χ3n) is 5.17. The van der Waals surface area contributed by atoms with E-state index in [-0.39, 0.29) is 17.1 Å². The van der Waals surface area contributed by atoms with Crippen LogP contribution in [0.4, 0.5) is 0 Å². The fourth-order valence-corrected chi connectivity index (χ4v) is 6.38. The second-order valence-electron chi connectivity index (χ2n) is 7.00. The summed E-state index contributed by atoms with van der Waals surface area (Å²) >= 11 is 9.59. The van der Waals surface area contributed by atoms with Gasteiger partial charge in [-0.2, -0.15) is 0 Å². The number of methoxy groups -OCH3 is 1. The molecule has 1 aliphatic carbocycles. The molecule has 0 fully saturated rings. The Hall–Kier alpha value is -2.02. The van der Waals surface area contributed by atoms with Crippen LogP contribution in [0.2, 0.25) is 5.02 Å². The van der Waals surface area contributed by atoms with E-state index in [0.29, 0.717) is 45.2 Å². The second-order valence-corrected chi connectivity index (χ2v) is 9.65. The number of benzene rings is 2. The van der Waals surface area contributed by atoms with Gasteiger partial charge in [-0.15, -0.1) is 11.8 Å². The van der Waals surface area contributed by atoms with Crippen LogP contribution in [0, 0.1) is 0 Å². The molecule has 2 aromatic rings. The van der Waals surface area contributed by atoms with Gasteiger partial charge in [-0.1, -0.05) is 35.5 Å². The lowest BCUT2D eigenvalue weighted by Gasteiger charge is -2.20. The largest absolute Gasteiger partial charge is 0.465 e. The first kappa shape index (κ1) is 21.2. The van der Waals surface area contributed by atoms with Crippen LogP contribution in [0.15, 0.2) is 56.7 Å². The quantitative estimate of drug-likeness (QED) is 0.322. The van der Waals surface area contributed by atoms with Crippen molar-refractivity contribution in [3.63, 3.8) is 0 Å². The molecule has 4 nitrogen and oxygen atoms in total. The van der Waals surface area contributed by atoms with Crippen LogP contribution in [-0.2, 0) is 16.0 Å². The molecule has 7 heteroatoms. The standard InChI is InChI=1S/C23H19ClO4S2/c1-28-23(27)14-5-2-3-7-18(14)30-19-8-4-6-16(25)20(19)22(26)15-9-10-17-13(21(15)24)11-12-29-17/h2-3,5,7,9-10H,4,6,8,11-12H2,1H3. The molecule has 30 heavy (non-hydrogen) atoms. The van der Waals surface area contributed by atoms with Gasteiger partial charge in [0.1, 0.15) is 0 Å². The van der Waals surface area contributed by atoms with Gasteiger partial charge in [0.2, 0.25) is 0 Å². The first-order valence-corrected chi connectivity index (χ1v) is 11.8. The molecule has 0 bridgehead atoms. The van der Waals surface area contributed by atoms with E-state index in [1.165, 1.54) is 18.9 Å². The highest BCUT2D eigenvalue weighted by molar-refractivity contribution is 8.03. The molecule has 154 valence electrons. The van der Waals surface area contributed by atoms with Crippen LogP contribution in [0.25, 0.3) is 0 Å². The predicted molar refractivity (Wildman–Crippen MR) is 120 cm³/mol. The lowest BCUT2D eigenvalue weighted by Crippen LogP contribution is -2.19. The van der Waals surface area contributed by atoms with Crippen LogP contribution < -0.4 is 0 Å². The van der Waals surface area contributed by atoms with E-state index in [0.717, 1.165) is 22.6 Å². The Kier molecular flexibility index (Phi) is 6.37. The van der Waals surface area contributed by atoms with Crippen molar-refractivity contribution in [2.45, 2.75) is 35.5 Å². The van der Waals surface area contributed by atoms with Crippen LogP contribution in [-0.4, -0.2) is 30.4 Å². The van der Waals surface area contributed by atoms with Gasteiger partial charge in [-0.25, -0.2) is 4.79 Å². The summed E-state index contributed by atoms with van der Waals surface area (Å²) in [6.45, 7) is 0. The van der Waals surface area contributed by atoms with E-state index >= 15 is 0 Å². The Morgan fingerprint density at radius 1 is 1.07 bits per heavy atom. The number of fused-ring (bicyclic) bond motifs is 1. The normalized spacial score (nSPS) is 15.9. The topological polar surface area (TPSA) is 60.4 Å². The molecule has 0 unspecified atom stereocenters. The molecule has 4 rings (SSSR count). The first-order valence-electron chi connectivity index (χ1n) is 9.61. The molecule has 0 atom stereocenters. The van der Waals surface area contributed by atoms with Gasteiger partial charge in [0.05, 0.1) is 23.3 Å². The zero-order valence-corrected chi connectivity index (χ0v) is 18.7. The number of halogens is 1. The number of allylic oxidation sites excluding steroid dienone is 2. The van der Waals surface area contributed by atoms with Crippen molar-refractivity contribution in [3.8, 4) is 0 Å². The maximum Gasteiger partial charge on any atom is 0.339 e. The Morgan fingerprint density at radius 2 is 1.87 bits per heavy atom. The Labute approximate surface area is 188 Å². The molecule has 2 aromatic carbocycles. The predicted octanol–water partition coefficient (Wildman–Crippen LogP) is 5.76. The number of ether oxygens (including phenoxy) is 1. The number of thioether (sulfide) groups is 2. The molecular formula is C23H19ClO4S2. The van der Waals surface area contributed by atoms with E-state index in [1.807, 2.05) is 12.1 Å². The molecule has 0 spiro atoms. The van der Waals surface area contributed by atoms with E-state index in [4.69, 9.17) is 16.3 Å². The molecule has 0 aromatic heterocycles. The summed E-state index contributed by atoms with van der Waals surface area (Å²) in [5.41, 5.74) is 1.97. The molecule has 1 heterocycles. The highest BCUT2D eigenvalue weighted by Gasteiger charge is 2.31. The highest BCUT2D eigenvalue weighted by Crippen LogP contribution is 2.42. The van der Waals surface area contributed by atoms with Crippen molar-refractivity contribution in [1.82, 2.24) is 0 Å². The average Bonchev–Trinajstić information content (AvgIpc) is 3.23. The molecule has 0 saturated carbocycles. The van der Waals surface area contributed by atoms with Crippen LogP contribution in [0.1, 0.15) is 45.5 Å². The fraction of sp³-hybridized carbons (Fsp3) is 0.261.